The maximum atomic E-state index is 15.8. The van der Waals surface area contributed by atoms with Gasteiger partial charge < -0.3 is 23.8 Å². The van der Waals surface area contributed by atoms with Gasteiger partial charge in [0.15, 0.2) is 5.60 Å². The van der Waals surface area contributed by atoms with Crippen LogP contribution in [0.1, 0.15) is 24.5 Å². The van der Waals surface area contributed by atoms with E-state index in [0.29, 0.717) is 12.1 Å². The predicted octanol–water partition coefficient (Wildman–Crippen LogP) is 4.61. The molecule has 4 rings (SSSR count). The number of aliphatic hydroxyl groups is 1. The highest BCUT2D eigenvalue weighted by Gasteiger charge is 2.66. The Morgan fingerprint density at radius 3 is 2.57 bits per heavy atom. The molecule has 1 fully saturated rings. The first kappa shape index (κ1) is 26.0. The molecule has 1 N–H and O–H groups in total. The van der Waals surface area contributed by atoms with E-state index in [9.17, 15) is 14.7 Å². The van der Waals surface area contributed by atoms with Crippen LogP contribution in [0, 0.1) is 5.92 Å². The van der Waals surface area contributed by atoms with Crippen molar-refractivity contribution in [3.05, 3.63) is 64.1 Å². The van der Waals surface area contributed by atoms with E-state index in [0.717, 1.165) is 15.7 Å². The van der Waals surface area contributed by atoms with Crippen molar-refractivity contribution in [3.8, 4) is 0 Å². The number of anilines is 1. The Morgan fingerprint density at radius 2 is 1.94 bits per heavy atom. The molecule has 2 heterocycles. The number of fused-ring (bicyclic) bond motifs is 2. The molecule has 2 aromatic rings. The molecule has 0 aliphatic carbocycles. The van der Waals surface area contributed by atoms with Crippen molar-refractivity contribution in [1.29, 1.82) is 0 Å². The fourth-order valence-electron chi connectivity index (χ4n) is 5.84. The number of halogens is 2. The zero-order valence-electron chi connectivity index (χ0n) is 20.5. The molecular weight excluding hydrogens is 531 g/mol. The first-order chi connectivity index (χ1) is 16.5. The normalized spacial score (nSPS) is 25.9. The van der Waals surface area contributed by atoms with Crippen LogP contribution in [-0.2, 0) is 26.5 Å². The molecule has 4 atom stereocenters. The largest absolute Gasteiger partial charge is 0.395 e. The van der Waals surface area contributed by atoms with Gasteiger partial charge in [0, 0.05) is 41.6 Å². The number of benzene rings is 2. The smallest absolute Gasteiger partial charge is 0.264 e. The van der Waals surface area contributed by atoms with Crippen LogP contribution in [0.15, 0.2) is 53.0 Å². The second-order valence-electron chi connectivity index (χ2n) is 10.0. The molecule has 0 bridgehead atoms. The minimum absolute atomic E-state index is 0.0513. The van der Waals surface area contributed by atoms with Gasteiger partial charge in [-0.3, -0.25) is 9.59 Å². The van der Waals surface area contributed by atoms with E-state index in [1.165, 1.54) is 0 Å². The number of nitrogens with zero attached hydrogens (tertiary/aromatic N) is 2. The number of hydrogen-bond acceptors (Lipinski definition) is 4. The monoisotopic (exact) mass is 562 g/mol. The average Bonchev–Trinajstić information content (AvgIpc) is 3.21. The Labute approximate surface area is 215 Å². The first-order valence-corrected chi connectivity index (χ1v) is 15.6. The molecule has 6 nitrogen and oxygen atoms in total. The number of amides is 2. The lowest BCUT2D eigenvalue weighted by Crippen LogP contribution is -2.44. The number of aliphatic hydroxyl groups excluding tert-OH is 1. The Bertz CT molecular complexity index is 1110. The quantitative estimate of drug-likeness (QED) is 0.395. The summed E-state index contributed by atoms with van der Waals surface area (Å²) in [6.45, 7) is 5.44. The Hall–Kier alpha value is -2.07. The van der Waals surface area contributed by atoms with Crippen molar-refractivity contribution >= 4 is 41.8 Å². The third-order valence-corrected chi connectivity index (χ3v) is 10.3. The van der Waals surface area contributed by atoms with Crippen LogP contribution < -0.4 is 4.90 Å². The lowest BCUT2D eigenvalue weighted by atomic mass is 9.82. The van der Waals surface area contributed by atoms with Gasteiger partial charge in [-0.1, -0.05) is 53.2 Å². The maximum Gasteiger partial charge on any atom is 0.264 e. The minimum atomic E-state index is -3.35. The van der Waals surface area contributed by atoms with E-state index in [1.54, 1.807) is 29.9 Å². The lowest BCUT2D eigenvalue weighted by Gasteiger charge is -2.31. The van der Waals surface area contributed by atoms with Gasteiger partial charge in [0.2, 0.25) is 14.3 Å². The summed E-state index contributed by atoms with van der Waals surface area (Å²) >= 11 is 3.50. The summed E-state index contributed by atoms with van der Waals surface area (Å²) in [5.74, 6) is -0.903. The molecule has 0 radical (unpaired) electrons. The van der Waals surface area contributed by atoms with Crippen molar-refractivity contribution in [2.45, 2.75) is 50.2 Å². The maximum absolute atomic E-state index is 15.8. The summed E-state index contributed by atoms with van der Waals surface area (Å²) in [5, 5.41) is 9.58. The summed E-state index contributed by atoms with van der Waals surface area (Å²) in [6, 6.07) is 15.1. The number of ether oxygens (including phenoxy) is 1. The summed E-state index contributed by atoms with van der Waals surface area (Å²) < 4.78 is 23.2. The second-order valence-corrected chi connectivity index (χ2v) is 14.7. The summed E-state index contributed by atoms with van der Waals surface area (Å²) in [5.41, 5.74) is 0.499. The Balaban J connectivity index is 1.68. The molecule has 188 valence electrons. The predicted molar refractivity (Wildman–Crippen MR) is 139 cm³/mol. The molecule has 1 spiro atoms. The third-order valence-electron chi connectivity index (χ3n) is 7.37. The van der Waals surface area contributed by atoms with Crippen molar-refractivity contribution < 1.29 is 23.5 Å². The van der Waals surface area contributed by atoms with Gasteiger partial charge in [0.25, 0.3) is 5.91 Å². The van der Waals surface area contributed by atoms with Crippen molar-refractivity contribution in [2.75, 3.05) is 25.1 Å². The van der Waals surface area contributed by atoms with E-state index < -0.39 is 31.6 Å². The first-order valence-electron chi connectivity index (χ1n) is 11.9. The fourth-order valence-corrected chi connectivity index (χ4v) is 8.70. The van der Waals surface area contributed by atoms with Gasteiger partial charge >= 0.3 is 0 Å². The SMILES string of the molecule is C[C@@H]1[C@@H]([Si](C)(C)F)[C@H](CC(=O)N(CCO)Cc2ccccc2)O[C@@]12C(=O)N(C)c1ccc(Br)cc12. The van der Waals surface area contributed by atoms with Crippen molar-refractivity contribution in [2.24, 2.45) is 5.92 Å². The third kappa shape index (κ3) is 4.59. The van der Waals surface area contributed by atoms with Gasteiger partial charge in [0.05, 0.1) is 24.8 Å². The zero-order chi connectivity index (χ0) is 25.5. The number of hydrogen-bond donors (Lipinski definition) is 1. The average molecular weight is 564 g/mol. The highest BCUT2D eigenvalue weighted by molar-refractivity contribution is 9.10. The van der Waals surface area contributed by atoms with Crippen LogP contribution in [0.3, 0.4) is 0 Å². The van der Waals surface area contributed by atoms with Crippen LogP contribution in [0.2, 0.25) is 18.6 Å². The van der Waals surface area contributed by atoms with Gasteiger partial charge in [-0.15, -0.1) is 0 Å². The molecule has 0 aromatic heterocycles. The molecule has 1 saturated heterocycles. The van der Waals surface area contributed by atoms with E-state index in [-0.39, 0.29) is 31.4 Å². The number of carbonyl (C=O) groups is 2. The van der Waals surface area contributed by atoms with Gasteiger partial charge in [-0.2, -0.15) is 0 Å². The van der Waals surface area contributed by atoms with Crippen LogP contribution >= 0.6 is 15.9 Å². The van der Waals surface area contributed by atoms with Crippen molar-refractivity contribution in [3.63, 3.8) is 0 Å². The Kier molecular flexibility index (Phi) is 7.25. The molecule has 2 aliphatic heterocycles. The van der Waals surface area contributed by atoms with Crippen LogP contribution in [-0.4, -0.2) is 56.5 Å². The van der Waals surface area contributed by atoms with E-state index in [1.807, 2.05) is 55.5 Å². The number of rotatable bonds is 7. The van der Waals surface area contributed by atoms with E-state index in [4.69, 9.17) is 4.74 Å². The number of likely N-dealkylation sites (N-methyl/N-ethyl adjacent to an activating group) is 1. The molecule has 9 heteroatoms. The summed E-state index contributed by atoms with van der Waals surface area (Å²) in [7, 11) is -1.65. The minimum Gasteiger partial charge on any atom is -0.395 e. The molecule has 0 saturated carbocycles. The standard InChI is InChI=1S/C26H32BrFN2O4Si/c1-17-24(35(3,4)28)22(15-23(32)30(12-13-31)16-18-8-6-5-7-9-18)34-26(17)20-14-19(27)10-11-21(20)29(2)25(26)33/h5-11,14,17,22,24,31H,12-13,15-16H2,1-4H3/t17-,22+,24-,26+/m1/s1. The number of carbonyl (C=O) groups excluding carboxylic acids is 2. The fraction of sp³-hybridized carbons (Fsp3) is 0.462. The Morgan fingerprint density at radius 1 is 1.26 bits per heavy atom. The molecule has 0 unspecified atom stereocenters. The van der Waals surface area contributed by atoms with Gasteiger partial charge in [-0.25, -0.2) is 0 Å². The zero-order valence-corrected chi connectivity index (χ0v) is 23.1. The highest BCUT2D eigenvalue weighted by Crippen LogP contribution is 2.60. The molecule has 2 aromatic carbocycles. The topological polar surface area (TPSA) is 70.1 Å². The molecule has 35 heavy (non-hydrogen) atoms. The summed E-state index contributed by atoms with van der Waals surface area (Å²) in [4.78, 5) is 30.2. The molecule has 2 amide bonds. The van der Waals surface area contributed by atoms with Crippen LogP contribution in [0.5, 0.6) is 0 Å². The summed E-state index contributed by atoms with van der Waals surface area (Å²) in [6.07, 6.45) is -0.798. The molecular formula is C26H32BrFN2O4Si. The van der Waals surface area contributed by atoms with Crippen molar-refractivity contribution in [1.82, 2.24) is 4.90 Å². The second kappa shape index (κ2) is 9.76. The van der Waals surface area contributed by atoms with Gasteiger partial charge in [0.1, 0.15) is 0 Å². The van der Waals surface area contributed by atoms with Gasteiger partial charge in [-0.05, 0) is 36.9 Å². The molecule has 2 aliphatic rings. The van der Waals surface area contributed by atoms with E-state index in [2.05, 4.69) is 15.9 Å². The highest BCUT2D eigenvalue weighted by atomic mass is 79.9. The van der Waals surface area contributed by atoms with Crippen LogP contribution in [0.4, 0.5) is 9.80 Å². The lowest BCUT2D eigenvalue weighted by molar-refractivity contribution is -0.149. The van der Waals surface area contributed by atoms with E-state index >= 15 is 4.11 Å². The van der Waals surface area contributed by atoms with Crippen LogP contribution in [0.25, 0.3) is 0 Å².